The number of ether oxygens (including phenoxy) is 1. The first kappa shape index (κ1) is 8.77. The molecule has 0 bridgehead atoms. The molecule has 1 heterocycles. The van der Waals surface area contributed by atoms with Crippen molar-refractivity contribution in [3.63, 3.8) is 0 Å². The van der Waals surface area contributed by atoms with E-state index in [9.17, 15) is 4.79 Å². The van der Waals surface area contributed by atoms with Gasteiger partial charge in [0.05, 0.1) is 19.2 Å². The zero-order chi connectivity index (χ0) is 8.97. The Balaban J connectivity index is 2.76. The van der Waals surface area contributed by atoms with Crippen LogP contribution in [0.15, 0.2) is 12.4 Å². The molecule has 0 radical (unpaired) electrons. The van der Waals surface area contributed by atoms with E-state index in [-0.39, 0.29) is 11.9 Å². The van der Waals surface area contributed by atoms with Gasteiger partial charge in [0.25, 0.3) is 0 Å². The molecule has 1 rings (SSSR count). The van der Waals surface area contributed by atoms with Crippen LogP contribution in [0.4, 0.5) is 0 Å². The first-order valence-electron chi connectivity index (χ1n) is 3.86. The highest BCUT2D eigenvalue weighted by Crippen LogP contribution is 2.18. The molecule has 1 aromatic rings. The summed E-state index contributed by atoms with van der Waals surface area (Å²) in [6.45, 7) is 1.94. The monoisotopic (exact) mass is 168 g/mol. The van der Waals surface area contributed by atoms with E-state index in [0.717, 1.165) is 12.0 Å². The molecule has 0 amide bonds. The summed E-state index contributed by atoms with van der Waals surface area (Å²) in [5.74, 6) is -0.396. The maximum Gasteiger partial charge on any atom is 0.313 e. The second kappa shape index (κ2) is 3.90. The third-order valence-corrected chi connectivity index (χ3v) is 1.82. The minimum atomic E-state index is -0.209. The summed E-state index contributed by atoms with van der Waals surface area (Å²) in [5.41, 5.74) is 0.879. The summed E-state index contributed by atoms with van der Waals surface area (Å²) in [6, 6.07) is 0. The van der Waals surface area contributed by atoms with E-state index in [2.05, 4.69) is 14.9 Å². The smallest absolute Gasteiger partial charge is 0.313 e. The van der Waals surface area contributed by atoms with Crippen LogP contribution in [0.25, 0.3) is 0 Å². The number of nitrogens with one attached hydrogen (secondary N) is 1. The topological polar surface area (TPSA) is 55.0 Å². The molecule has 0 saturated heterocycles. The van der Waals surface area contributed by atoms with Gasteiger partial charge in [0, 0.05) is 11.8 Å². The lowest BCUT2D eigenvalue weighted by molar-refractivity contribution is -0.142. The van der Waals surface area contributed by atoms with Crippen molar-refractivity contribution in [1.29, 1.82) is 0 Å². The predicted octanol–water partition coefficient (Wildman–Crippen LogP) is 1.08. The van der Waals surface area contributed by atoms with Gasteiger partial charge >= 0.3 is 5.97 Å². The number of hydrogen-bond donors (Lipinski definition) is 1. The Kier molecular flexibility index (Phi) is 2.85. The van der Waals surface area contributed by atoms with Gasteiger partial charge in [-0.05, 0) is 6.42 Å². The van der Waals surface area contributed by atoms with E-state index >= 15 is 0 Å². The lowest BCUT2D eigenvalue weighted by atomic mass is 10.0. The summed E-state index contributed by atoms with van der Waals surface area (Å²) in [6.07, 6.45) is 4.09. The molecule has 4 heteroatoms. The largest absolute Gasteiger partial charge is 0.469 e. The highest BCUT2D eigenvalue weighted by Gasteiger charge is 2.19. The fraction of sp³-hybridized carbons (Fsp3) is 0.500. The molecule has 1 unspecified atom stereocenters. The number of aromatic nitrogens is 2. The fourth-order valence-corrected chi connectivity index (χ4v) is 1.13. The van der Waals surface area contributed by atoms with Gasteiger partial charge in [0.1, 0.15) is 0 Å². The number of nitrogens with zero attached hydrogens (tertiary/aromatic N) is 1. The Morgan fingerprint density at radius 3 is 3.00 bits per heavy atom. The first-order chi connectivity index (χ1) is 5.79. The van der Waals surface area contributed by atoms with Crippen LogP contribution >= 0.6 is 0 Å². The van der Waals surface area contributed by atoms with Crippen molar-refractivity contribution in [1.82, 2.24) is 10.2 Å². The molecular weight excluding hydrogens is 156 g/mol. The van der Waals surface area contributed by atoms with E-state index in [1.807, 2.05) is 6.92 Å². The molecule has 0 aliphatic carbocycles. The summed E-state index contributed by atoms with van der Waals surface area (Å²) in [4.78, 5) is 11.2. The maximum atomic E-state index is 11.2. The molecule has 0 aromatic carbocycles. The van der Waals surface area contributed by atoms with Crippen molar-refractivity contribution < 1.29 is 9.53 Å². The minimum absolute atomic E-state index is 0.186. The standard InChI is InChI=1S/C8H12N2O2/c1-3-7(8(11)12-2)6-4-9-10-5-6/h4-5,7H,3H2,1-2H3,(H,9,10). The van der Waals surface area contributed by atoms with Crippen LogP contribution in [0.3, 0.4) is 0 Å². The summed E-state index contributed by atoms with van der Waals surface area (Å²) < 4.78 is 4.65. The highest BCUT2D eigenvalue weighted by atomic mass is 16.5. The highest BCUT2D eigenvalue weighted by molar-refractivity contribution is 5.77. The third-order valence-electron chi connectivity index (χ3n) is 1.82. The lowest BCUT2D eigenvalue weighted by Crippen LogP contribution is -2.12. The van der Waals surface area contributed by atoms with Gasteiger partial charge in [0.15, 0.2) is 0 Å². The van der Waals surface area contributed by atoms with Gasteiger partial charge < -0.3 is 4.74 Å². The molecule has 1 atom stereocenters. The first-order valence-corrected chi connectivity index (χ1v) is 3.86. The molecular formula is C8H12N2O2. The van der Waals surface area contributed by atoms with E-state index in [0.29, 0.717) is 0 Å². The van der Waals surface area contributed by atoms with Crippen LogP contribution in [0.1, 0.15) is 24.8 Å². The number of carbonyl (C=O) groups is 1. The molecule has 0 aliphatic rings. The zero-order valence-corrected chi connectivity index (χ0v) is 7.20. The van der Waals surface area contributed by atoms with Gasteiger partial charge in [-0.3, -0.25) is 9.89 Å². The second-order valence-corrected chi connectivity index (χ2v) is 2.52. The Bertz CT molecular complexity index is 244. The van der Waals surface area contributed by atoms with Gasteiger partial charge in [-0.2, -0.15) is 5.10 Å². The molecule has 0 fully saturated rings. The number of carbonyl (C=O) groups excluding carboxylic acids is 1. The number of hydrogen-bond acceptors (Lipinski definition) is 3. The van der Waals surface area contributed by atoms with Gasteiger partial charge in [-0.1, -0.05) is 6.92 Å². The van der Waals surface area contributed by atoms with Crippen molar-refractivity contribution >= 4 is 5.97 Å². The summed E-state index contributed by atoms with van der Waals surface area (Å²) in [7, 11) is 1.39. The van der Waals surface area contributed by atoms with Gasteiger partial charge in [0.2, 0.25) is 0 Å². The number of rotatable bonds is 3. The maximum absolute atomic E-state index is 11.2. The second-order valence-electron chi connectivity index (χ2n) is 2.52. The molecule has 66 valence electrons. The average Bonchev–Trinajstić information content (AvgIpc) is 2.58. The molecule has 1 N–H and O–H groups in total. The SMILES string of the molecule is CCC(C(=O)OC)c1cn[nH]c1. The minimum Gasteiger partial charge on any atom is -0.469 e. The van der Waals surface area contributed by atoms with Crippen molar-refractivity contribution in [3.05, 3.63) is 18.0 Å². The number of aromatic amines is 1. The Morgan fingerprint density at radius 2 is 2.58 bits per heavy atom. The summed E-state index contributed by atoms with van der Waals surface area (Å²) in [5, 5.41) is 6.44. The third kappa shape index (κ3) is 1.64. The van der Waals surface area contributed by atoms with Crippen molar-refractivity contribution in [2.75, 3.05) is 7.11 Å². The quantitative estimate of drug-likeness (QED) is 0.687. The molecule has 0 aliphatic heterocycles. The molecule has 4 nitrogen and oxygen atoms in total. The molecule has 0 spiro atoms. The van der Waals surface area contributed by atoms with Crippen molar-refractivity contribution in [3.8, 4) is 0 Å². The molecule has 0 saturated carbocycles. The number of esters is 1. The summed E-state index contributed by atoms with van der Waals surface area (Å²) >= 11 is 0. The zero-order valence-electron chi connectivity index (χ0n) is 7.20. The Hall–Kier alpha value is -1.32. The van der Waals surface area contributed by atoms with Crippen LogP contribution in [0.5, 0.6) is 0 Å². The number of H-pyrrole nitrogens is 1. The predicted molar refractivity (Wildman–Crippen MR) is 43.6 cm³/mol. The van der Waals surface area contributed by atoms with Gasteiger partial charge in [-0.25, -0.2) is 0 Å². The van der Waals surface area contributed by atoms with Crippen LogP contribution < -0.4 is 0 Å². The van der Waals surface area contributed by atoms with Crippen molar-refractivity contribution in [2.24, 2.45) is 0 Å². The van der Waals surface area contributed by atoms with E-state index in [1.165, 1.54) is 7.11 Å². The Labute approximate surface area is 70.9 Å². The molecule has 1 aromatic heterocycles. The fourth-order valence-electron chi connectivity index (χ4n) is 1.13. The van der Waals surface area contributed by atoms with Crippen molar-refractivity contribution in [2.45, 2.75) is 19.3 Å². The molecule has 12 heavy (non-hydrogen) atoms. The normalized spacial score (nSPS) is 12.5. The van der Waals surface area contributed by atoms with Crippen LogP contribution in [-0.4, -0.2) is 23.3 Å². The lowest BCUT2D eigenvalue weighted by Gasteiger charge is -2.08. The van der Waals surface area contributed by atoms with Crippen LogP contribution in [0, 0.1) is 0 Å². The van der Waals surface area contributed by atoms with Crippen LogP contribution in [-0.2, 0) is 9.53 Å². The van der Waals surface area contributed by atoms with E-state index < -0.39 is 0 Å². The van der Waals surface area contributed by atoms with Crippen LogP contribution in [0.2, 0.25) is 0 Å². The average molecular weight is 168 g/mol. The number of methoxy groups -OCH3 is 1. The van der Waals surface area contributed by atoms with Gasteiger partial charge in [-0.15, -0.1) is 0 Å². The van der Waals surface area contributed by atoms with E-state index in [1.54, 1.807) is 12.4 Å². The van der Waals surface area contributed by atoms with E-state index in [4.69, 9.17) is 0 Å². The Morgan fingerprint density at radius 1 is 1.83 bits per heavy atom.